The number of hydrogen-bond acceptors (Lipinski definition) is 2. The van der Waals surface area contributed by atoms with Gasteiger partial charge < -0.3 is 5.11 Å². The molecule has 0 aliphatic heterocycles. The highest BCUT2D eigenvalue weighted by Crippen LogP contribution is 2.11. The Morgan fingerprint density at radius 3 is 2.33 bits per heavy atom. The maximum atomic E-state index is 10.4. The Kier molecular flexibility index (Phi) is 2.30. The highest BCUT2D eigenvalue weighted by atomic mass is 16.4. The Morgan fingerprint density at radius 1 is 1.42 bits per heavy atom. The van der Waals surface area contributed by atoms with E-state index in [2.05, 4.69) is 0 Å². The number of carbonyl (C=O) groups is 1. The molecule has 0 heterocycles. The Bertz CT molecular complexity index is 282. The molecule has 0 spiro atoms. The van der Waals surface area contributed by atoms with Gasteiger partial charge in [0.2, 0.25) is 0 Å². The van der Waals surface area contributed by atoms with Crippen LogP contribution in [-0.2, 0) is 0 Å². The quantitative estimate of drug-likeness (QED) is 0.376. The Hall–Kier alpha value is -1.55. The Balaban J connectivity index is 2.89. The molecule has 0 radical (unpaired) electrons. The van der Waals surface area contributed by atoms with Crippen LogP contribution < -0.4 is 10.9 Å². The minimum Gasteiger partial charge on any atom is -0.464 e. The van der Waals surface area contributed by atoms with Crippen molar-refractivity contribution in [3.05, 3.63) is 29.8 Å². The number of carboxylic acid groups (broad SMARTS) is 1. The fourth-order valence-corrected chi connectivity index (χ4v) is 0.816. The number of nitrogens with two attached hydrogens (primary N) is 1. The molecule has 1 aromatic rings. The average molecular weight is 166 g/mol. The van der Waals surface area contributed by atoms with E-state index in [1.807, 2.05) is 6.92 Å². The monoisotopic (exact) mass is 166 g/mol. The molecular formula is C8H10N2O2. The van der Waals surface area contributed by atoms with Crippen molar-refractivity contribution in [2.24, 2.45) is 5.84 Å². The number of benzene rings is 1. The molecule has 0 unspecified atom stereocenters. The number of hydrazine groups is 1. The predicted molar refractivity (Wildman–Crippen MR) is 45.9 cm³/mol. The van der Waals surface area contributed by atoms with Gasteiger partial charge in [-0.1, -0.05) is 17.7 Å². The van der Waals surface area contributed by atoms with Crippen LogP contribution in [-0.4, -0.2) is 11.2 Å². The molecule has 0 atom stereocenters. The third-order valence-corrected chi connectivity index (χ3v) is 1.52. The summed E-state index contributed by atoms with van der Waals surface area (Å²) in [6.07, 6.45) is -1.17. The molecule has 0 aliphatic carbocycles. The molecule has 0 saturated heterocycles. The molecule has 0 aromatic heterocycles. The molecule has 64 valence electrons. The molecular weight excluding hydrogens is 156 g/mol. The van der Waals surface area contributed by atoms with Gasteiger partial charge in [-0.15, -0.1) is 0 Å². The van der Waals surface area contributed by atoms with E-state index in [0.29, 0.717) is 10.7 Å². The third kappa shape index (κ3) is 1.73. The molecule has 0 fully saturated rings. The van der Waals surface area contributed by atoms with E-state index in [0.717, 1.165) is 5.56 Å². The fraction of sp³-hybridized carbons (Fsp3) is 0.125. The summed E-state index contributed by atoms with van der Waals surface area (Å²) in [7, 11) is 0. The highest BCUT2D eigenvalue weighted by molar-refractivity contribution is 5.84. The second-order valence-corrected chi connectivity index (χ2v) is 2.49. The summed E-state index contributed by atoms with van der Waals surface area (Å²) in [5.74, 6) is 5.22. The summed E-state index contributed by atoms with van der Waals surface area (Å²) in [6.45, 7) is 1.92. The van der Waals surface area contributed by atoms with E-state index in [9.17, 15) is 4.79 Å². The minimum atomic E-state index is -1.17. The first-order chi connectivity index (χ1) is 5.61. The van der Waals surface area contributed by atoms with E-state index in [1.165, 1.54) is 0 Å². The van der Waals surface area contributed by atoms with Crippen molar-refractivity contribution in [3.8, 4) is 0 Å². The van der Waals surface area contributed by atoms with Crippen molar-refractivity contribution in [3.63, 3.8) is 0 Å². The maximum Gasteiger partial charge on any atom is 0.426 e. The van der Waals surface area contributed by atoms with Gasteiger partial charge in [-0.05, 0) is 19.1 Å². The lowest BCUT2D eigenvalue weighted by Crippen LogP contribution is -2.35. The molecule has 0 bridgehead atoms. The molecule has 1 rings (SSSR count). The first-order valence-corrected chi connectivity index (χ1v) is 3.45. The maximum absolute atomic E-state index is 10.4. The number of hydrogen-bond donors (Lipinski definition) is 2. The van der Waals surface area contributed by atoms with Gasteiger partial charge in [0.15, 0.2) is 0 Å². The van der Waals surface area contributed by atoms with E-state index in [1.54, 1.807) is 24.3 Å². The SMILES string of the molecule is Cc1ccc(N(N)C(=O)O)cc1. The van der Waals surface area contributed by atoms with E-state index in [4.69, 9.17) is 10.9 Å². The second-order valence-electron chi connectivity index (χ2n) is 2.49. The van der Waals surface area contributed by atoms with Gasteiger partial charge in [0, 0.05) is 0 Å². The number of anilines is 1. The third-order valence-electron chi connectivity index (χ3n) is 1.52. The summed E-state index contributed by atoms with van der Waals surface area (Å²) >= 11 is 0. The predicted octanol–water partition coefficient (Wildman–Crippen LogP) is 1.35. The zero-order chi connectivity index (χ0) is 9.14. The van der Waals surface area contributed by atoms with Crippen LogP contribution in [0.15, 0.2) is 24.3 Å². The van der Waals surface area contributed by atoms with Gasteiger partial charge >= 0.3 is 6.09 Å². The molecule has 0 aliphatic rings. The summed E-state index contributed by atoms with van der Waals surface area (Å²) in [4.78, 5) is 10.4. The first-order valence-electron chi connectivity index (χ1n) is 3.45. The molecule has 3 N–H and O–H groups in total. The Morgan fingerprint density at radius 2 is 1.92 bits per heavy atom. The number of nitrogens with zero attached hydrogens (tertiary/aromatic N) is 1. The Labute approximate surface area is 70.2 Å². The van der Waals surface area contributed by atoms with Crippen LogP contribution in [0, 0.1) is 6.92 Å². The highest BCUT2D eigenvalue weighted by Gasteiger charge is 2.07. The minimum absolute atomic E-state index is 0.466. The average Bonchev–Trinajstić information content (AvgIpc) is 2.04. The van der Waals surface area contributed by atoms with E-state index >= 15 is 0 Å². The van der Waals surface area contributed by atoms with Crippen molar-refractivity contribution >= 4 is 11.8 Å². The lowest BCUT2D eigenvalue weighted by atomic mass is 10.2. The first kappa shape index (κ1) is 8.55. The molecule has 4 heteroatoms. The van der Waals surface area contributed by atoms with Crippen molar-refractivity contribution in [2.75, 3.05) is 5.01 Å². The molecule has 1 aromatic carbocycles. The second kappa shape index (κ2) is 3.23. The number of amides is 1. The van der Waals surface area contributed by atoms with Crippen LogP contribution in [0.1, 0.15) is 5.56 Å². The smallest absolute Gasteiger partial charge is 0.426 e. The van der Waals surface area contributed by atoms with E-state index < -0.39 is 6.09 Å². The van der Waals surface area contributed by atoms with Crippen LogP contribution in [0.25, 0.3) is 0 Å². The van der Waals surface area contributed by atoms with Crippen molar-refractivity contribution in [1.29, 1.82) is 0 Å². The van der Waals surface area contributed by atoms with Gasteiger partial charge in [0.05, 0.1) is 5.69 Å². The van der Waals surface area contributed by atoms with Gasteiger partial charge in [-0.25, -0.2) is 15.6 Å². The largest absolute Gasteiger partial charge is 0.464 e. The topological polar surface area (TPSA) is 66.6 Å². The molecule has 4 nitrogen and oxygen atoms in total. The standard InChI is InChI=1S/C8H10N2O2/c1-6-2-4-7(5-3-6)10(9)8(11)12/h2-5H,9H2,1H3,(H,11,12). The molecule has 12 heavy (non-hydrogen) atoms. The summed E-state index contributed by atoms with van der Waals surface area (Å²) in [5.41, 5.74) is 1.53. The lowest BCUT2D eigenvalue weighted by molar-refractivity contribution is 0.202. The summed E-state index contributed by atoms with van der Waals surface area (Å²) in [6, 6.07) is 6.92. The number of aryl methyl sites for hydroxylation is 1. The van der Waals surface area contributed by atoms with Gasteiger partial charge in [0.1, 0.15) is 0 Å². The molecule has 0 saturated carbocycles. The van der Waals surface area contributed by atoms with Crippen LogP contribution in [0.3, 0.4) is 0 Å². The van der Waals surface area contributed by atoms with Crippen LogP contribution in [0.2, 0.25) is 0 Å². The lowest BCUT2D eigenvalue weighted by Gasteiger charge is -2.11. The van der Waals surface area contributed by atoms with Crippen LogP contribution in [0.5, 0.6) is 0 Å². The summed E-state index contributed by atoms with van der Waals surface area (Å²) in [5, 5.41) is 9.19. The fourth-order valence-electron chi connectivity index (χ4n) is 0.816. The number of rotatable bonds is 1. The van der Waals surface area contributed by atoms with E-state index in [-0.39, 0.29) is 0 Å². The van der Waals surface area contributed by atoms with Gasteiger partial charge in [-0.2, -0.15) is 0 Å². The van der Waals surface area contributed by atoms with Gasteiger partial charge in [-0.3, -0.25) is 0 Å². The molecule has 1 amide bonds. The zero-order valence-corrected chi connectivity index (χ0v) is 6.69. The van der Waals surface area contributed by atoms with Crippen molar-refractivity contribution in [1.82, 2.24) is 0 Å². The normalized spacial score (nSPS) is 9.50. The van der Waals surface area contributed by atoms with Crippen molar-refractivity contribution in [2.45, 2.75) is 6.92 Å². The van der Waals surface area contributed by atoms with Gasteiger partial charge in [0.25, 0.3) is 0 Å². The zero-order valence-electron chi connectivity index (χ0n) is 6.69. The summed E-state index contributed by atoms with van der Waals surface area (Å²) < 4.78 is 0. The van der Waals surface area contributed by atoms with Crippen molar-refractivity contribution < 1.29 is 9.90 Å². The van der Waals surface area contributed by atoms with Crippen LogP contribution in [0.4, 0.5) is 10.5 Å². The van der Waals surface area contributed by atoms with Crippen LogP contribution >= 0.6 is 0 Å².